The second-order valence-corrected chi connectivity index (χ2v) is 6.24. The molecule has 0 amide bonds. The largest absolute Gasteiger partial charge is 0.397 e. The van der Waals surface area contributed by atoms with Gasteiger partial charge in [0.2, 0.25) is 0 Å². The normalized spacial score (nSPS) is 14.9. The van der Waals surface area contributed by atoms with E-state index in [1.54, 1.807) is 0 Å². The highest BCUT2D eigenvalue weighted by Crippen LogP contribution is 2.29. The lowest BCUT2D eigenvalue weighted by atomic mass is 10.0. The predicted octanol–water partition coefficient (Wildman–Crippen LogP) is 3.83. The first-order valence-corrected chi connectivity index (χ1v) is 7.68. The molecule has 3 rings (SSSR count). The third-order valence-electron chi connectivity index (χ3n) is 3.68. The average Bonchev–Trinajstić information content (AvgIpc) is 2.60. The quantitative estimate of drug-likeness (QED) is 0.616. The van der Waals surface area contributed by atoms with Crippen LogP contribution in [0.25, 0.3) is 0 Å². The van der Waals surface area contributed by atoms with Crippen molar-refractivity contribution in [1.29, 1.82) is 0 Å². The molecule has 2 aromatic carbocycles. The van der Waals surface area contributed by atoms with Crippen LogP contribution in [0.2, 0.25) is 0 Å². The molecule has 0 saturated carbocycles. The molecule has 0 bridgehead atoms. The van der Waals surface area contributed by atoms with Gasteiger partial charge in [0.15, 0.2) is 0 Å². The van der Waals surface area contributed by atoms with Crippen molar-refractivity contribution in [3.05, 3.63) is 57.2 Å². The van der Waals surface area contributed by atoms with Gasteiger partial charge in [0, 0.05) is 16.7 Å². The highest BCUT2D eigenvalue weighted by atomic mass is 127. The second-order valence-electron chi connectivity index (χ2n) is 5.00. The number of halogens is 1. The Labute approximate surface area is 127 Å². The highest BCUT2D eigenvalue weighted by Gasteiger charge is 2.16. The number of nitrogen functional groups attached to an aromatic ring is 1. The number of fused-ring (bicyclic) bond motifs is 1. The lowest BCUT2D eigenvalue weighted by molar-refractivity contribution is 0.767. The van der Waals surface area contributed by atoms with Crippen molar-refractivity contribution in [1.82, 2.24) is 0 Å². The van der Waals surface area contributed by atoms with Crippen LogP contribution in [0.5, 0.6) is 0 Å². The van der Waals surface area contributed by atoms with Gasteiger partial charge in [-0.25, -0.2) is 0 Å². The molecule has 0 unspecified atom stereocenters. The van der Waals surface area contributed by atoms with Gasteiger partial charge in [0.25, 0.3) is 0 Å². The minimum absolute atomic E-state index is 0.881. The summed E-state index contributed by atoms with van der Waals surface area (Å²) in [5, 5.41) is 0. The van der Waals surface area contributed by atoms with Crippen molar-refractivity contribution in [2.45, 2.75) is 19.4 Å². The lowest BCUT2D eigenvalue weighted by Crippen LogP contribution is -2.23. The number of hydrogen-bond acceptors (Lipinski definition) is 2. The molecule has 1 aliphatic heterocycles. The Morgan fingerprint density at radius 3 is 2.63 bits per heavy atom. The van der Waals surface area contributed by atoms with Gasteiger partial charge in [-0.05, 0) is 64.8 Å². The summed E-state index contributed by atoms with van der Waals surface area (Å²) in [7, 11) is 0. The molecule has 3 heteroatoms. The third kappa shape index (κ3) is 2.71. The highest BCUT2D eigenvalue weighted by molar-refractivity contribution is 14.1. The maximum atomic E-state index is 6.18. The van der Waals surface area contributed by atoms with Crippen LogP contribution in [0.3, 0.4) is 0 Å². The van der Waals surface area contributed by atoms with Gasteiger partial charge in [0.1, 0.15) is 0 Å². The fourth-order valence-corrected chi connectivity index (χ4v) is 3.23. The smallest absolute Gasteiger partial charge is 0.0603 e. The molecule has 0 aliphatic carbocycles. The van der Waals surface area contributed by atoms with E-state index in [9.17, 15) is 0 Å². The first-order chi connectivity index (χ1) is 9.24. The summed E-state index contributed by atoms with van der Waals surface area (Å²) < 4.78 is 1.19. The summed E-state index contributed by atoms with van der Waals surface area (Å²) >= 11 is 2.30. The molecule has 2 N–H and O–H groups in total. The fourth-order valence-electron chi connectivity index (χ4n) is 2.72. The van der Waals surface area contributed by atoms with Crippen LogP contribution in [0.4, 0.5) is 11.4 Å². The average molecular weight is 364 g/mol. The molecule has 19 heavy (non-hydrogen) atoms. The molecule has 1 aliphatic rings. The van der Waals surface area contributed by atoms with Gasteiger partial charge in [-0.2, -0.15) is 0 Å². The number of benzene rings is 2. The maximum Gasteiger partial charge on any atom is 0.0603 e. The van der Waals surface area contributed by atoms with Gasteiger partial charge in [-0.1, -0.05) is 24.3 Å². The Hall–Kier alpha value is -1.23. The molecule has 2 aromatic rings. The van der Waals surface area contributed by atoms with Crippen molar-refractivity contribution in [2.24, 2.45) is 0 Å². The molecule has 0 radical (unpaired) electrons. The van der Waals surface area contributed by atoms with Gasteiger partial charge in [-0.15, -0.1) is 0 Å². The van der Waals surface area contributed by atoms with Crippen LogP contribution in [0.15, 0.2) is 42.5 Å². The zero-order valence-corrected chi connectivity index (χ0v) is 12.9. The number of rotatable bonds is 1. The Bertz CT molecular complexity index is 595. The molecule has 0 spiro atoms. The summed E-state index contributed by atoms with van der Waals surface area (Å²) in [6, 6.07) is 15.1. The molecule has 0 aromatic heterocycles. The number of nitrogens with zero attached hydrogens (tertiary/aromatic N) is 1. The van der Waals surface area contributed by atoms with Crippen molar-refractivity contribution >= 4 is 34.0 Å². The summed E-state index contributed by atoms with van der Waals surface area (Å²) in [6.07, 6.45) is 2.35. The SMILES string of the molecule is Nc1cc(I)ccc1N1CCCc2ccccc2C1. The van der Waals surface area contributed by atoms with E-state index in [1.165, 1.54) is 21.1 Å². The number of hydrogen-bond donors (Lipinski definition) is 1. The summed E-state index contributed by atoms with van der Waals surface area (Å²) in [5.74, 6) is 0. The van der Waals surface area contributed by atoms with Crippen LogP contribution < -0.4 is 10.6 Å². The molecular formula is C16H17IN2. The van der Waals surface area contributed by atoms with E-state index in [4.69, 9.17) is 5.73 Å². The fraction of sp³-hybridized carbons (Fsp3) is 0.250. The molecule has 0 fully saturated rings. The standard InChI is InChI=1S/C16H17IN2/c17-14-7-8-16(15(18)10-14)19-9-3-6-12-4-1-2-5-13(12)11-19/h1-2,4-5,7-8,10H,3,6,9,11,18H2. The Morgan fingerprint density at radius 1 is 1.05 bits per heavy atom. The first-order valence-electron chi connectivity index (χ1n) is 6.61. The van der Waals surface area contributed by atoms with E-state index < -0.39 is 0 Å². The Kier molecular flexibility index (Phi) is 3.64. The zero-order chi connectivity index (χ0) is 13.2. The van der Waals surface area contributed by atoms with Crippen LogP contribution >= 0.6 is 22.6 Å². The van der Waals surface area contributed by atoms with Gasteiger partial charge >= 0.3 is 0 Å². The minimum Gasteiger partial charge on any atom is -0.397 e. The van der Waals surface area contributed by atoms with E-state index >= 15 is 0 Å². The predicted molar refractivity (Wildman–Crippen MR) is 89.4 cm³/mol. The molecule has 98 valence electrons. The molecule has 1 heterocycles. The van der Waals surface area contributed by atoms with Gasteiger partial charge in [-0.3, -0.25) is 0 Å². The van der Waals surface area contributed by atoms with Crippen molar-refractivity contribution < 1.29 is 0 Å². The van der Waals surface area contributed by atoms with Crippen LogP contribution in [0.1, 0.15) is 17.5 Å². The van der Waals surface area contributed by atoms with E-state index in [0.29, 0.717) is 0 Å². The van der Waals surface area contributed by atoms with Crippen LogP contribution in [-0.4, -0.2) is 6.54 Å². The van der Waals surface area contributed by atoms with Gasteiger partial charge in [0.05, 0.1) is 11.4 Å². The van der Waals surface area contributed by atoms with Crippen LogP contribution in [0, 0.1) is 3.57 Å². The number of nitrogens with two attached hydrogens (primary N) is 1. The van der Waals surface area contributed by atoms with Crippen LogP contribution in [-0.2, 0) is 13.0 Å². The van der Waals surface area contributed by atoms with E-state index in [0.717, 1.165) is 30.9 Å². The third-order valence-corrected chi connectivity index (χ3v) is 4.35. The number of aryl methyl sites for hydroxylation is 1. The van der Waals surface area contributed by atoms with Crippen molar-refractivity contribution in [3.63, 3.8) is 0 Å². The van der Waals surface area contributed by atoms with E-state index in [-0.39, 0.29) is 0 Å². The zero-order valence-electron chi connectivity index (χ0n) is 10.8. The topological polar surface area (TPSA) is 29.3 Å². The van der Waals surface area contributed by atoms with Gasteiger partial charge < -0.3 is 10.6 Å². The molecule has 2 nitrogen and oxygen atoms in total. The molecule has 0 atom stereocenters. The van der Waals surface area contributed by atoms with Crippen molar-refractivity contribution in [3.8, 4) is 0 Å². The Morgan fingerprint density at radius 2 is 1.84 bits per heavy atom. The molecule has 0 saturated heterocycles. The minimum atomic E-state index is 0.881. The summed E-state index contributed by atoms with van der Waals surface area (Å²) in [4.78, 5) is 2.40. The monoisotopic (exact) mass is 364 g/mol. The maximum absolute atomic E-state index is 6.18. The van der Waals surface area contributed by atoms with Crippen molar-refractivity contribution in [2.75, 3.05) is 17.2 Å². The second kappa shape index (κ2) is 5.41. The lowest BCUT2D eigenvalue weighted by Gasteiger charge is -2.24. The number of anilines is 2. The van der Waals surface area contributed by atoms with E-state index in [2.05, 4.69) is 63.9 Å². The summed E-state index contributed by atoms with van der Waals surface area (Å²) in [6.45, 7) is 2.03. The van der Waals surface area contributed by atoms with E-state index in [1.807, 2.05) is 6.07 Å². The molecular weight excluding hydrogens is 347 g/mol. The first kappa shape index (κ1) is 12.8. The Balaban J connectivity index is 1.94. The summed E-state index contributed by atoms with van der Waals surface area (Å²) in [5.41, 5.74) is 11.1.